The Labute approximate surface area is 150 Å². The van der Waals surface area contributed by atoms with Crippen molar-refractivity contribution < 1.29 is 17.3 Å². The van der Waals surface area contributed by atoms with Crippen LogP contribution in [0.2, 0.25) is 0 Å². The number of hydrogen-bond acceptors (Lipinski definition) is 0. The summed E-state index contributed by atoms with van der Waals surface area (Å²) in [6.45, 7) is 0. The van der Waals surface area contributed by atoms with E-state index in [1.54, 1.807) is 5.56 Å². The van der Waals surface area contributed by atoms with Crippen LogP contribution in [0.15, 0.2) is 30.3 Å². The highest BCUT2D eigenvalue weighted by Crippen LogP contribution is 2.57. The van der Waals surface area contributed by atoms with Crippen LogP contribution in [-0.2, 0) is 6.16 Å². The van der Waals surface area contributed by atoms with Crippen LogP contribution in [-0.4, -0.2) is 18.6 Å². The molecule has 0 N–H and O–H groups in total. The molecule has 0 unspecified atom stereocenters. The number of rotatable bonds is 4. The molecule has 0 spiro atoms. The Bertz CT molecular complexity index is 444. The van der Waals surface area contributed by atoms with Crippen molar-refractivity contribution in [3.05, 3.63) is 35.9 Å². The van der Waals surface area contributed by atoms with Gasteiger partial charge in [0.2, 0.25) is 0 Å². The van der Waals surface area contributed by atoms with Gasteiger partial charge in [-0.15, -0.1) is 0 Å². The van der Waals surface area contributed by atoms with Crippen molar-refractivity contribution in [1.82, 2.24) is 0 Å². The molecule has 2 aliphatic rings. The Morgan fingerprint density at radius 3 is 1.52 bits per heavy atom. The van der Waals surface area contributed by atoms with E-state index < -0.39 is 7.25 Å². The minimum Gasteiger partial charge on any atom is -0.418 e. The Morgan fingerprint density at radius 2 is 1.12 bits per heavy atom. The van der Waals surface area contributed by atoms with Gasteiger partial charge in [0.15, 0.2) is 0 Å². The van der Waals surface area contributed by atoms with Crippen LogP contribution >= 0.6 is 7.92 Å². The van der Waals surface area contributed by atoms with E-state index in [4.69, 9.17) is 0 Å². The van der Waals surface area contributed by atoms with Gasteiger partial charge in [0.1, 0.15) is 0 Å². The Kier molecular flexibility index (Phi) is 8.75. The minimum atomic E-state index is -6.00. The molecule has 0 aromatic heterocycles. The fraction of sp³-hybridized carbons (Fsp3) is 0.684. The Balaban J connectivity index is 0.000000399. The van der Waals surface area contributed by atoms with Crippen molar-refractivity contribution in [3.8, 4) is 0 Å². The summed E-state index contributed by atoms with van der Waals surface area (Å²) < 4.78 is 39.0. The zero-order valence-electron chi connectivity index (χ0n) is 14.9. The maximum atomic E-state index is 9.75. The van der Waals surface area contributed by atoms with Gasteiger partial charge in [-0.3, -0.25) is 0 Å². The lowest BCUT2D eigenvalue weighted by Gasteiger charge is -2.38. The second kappa shape index (κ2) is 10.6. The first-order chi connectivity index (χ1) is 11.9. The molecule has 2 aliphatic carbocycles. The third-order valence-corrected chi connectivity index (χ3v) is 8.93. The number of benzene rings is 1. The van der Waals surface area contributed by atoms with Gasteiger partial charge in [0.25, 0.3) is 0 Å². The summed E-state index contributed by atoms with van der Waals surface area (Å²) in [6, 6.07) is 11.3. The molecule has 0 amide bonds. The second-order valence-corrected chi connectivity index (χ2v) is 10.0. The van der Waals surface area contributed by atoms with Crippen LogP contribution in [0.1, 0.15) is 69.8 Å². The molecule has 0 aliphatic heterocycles. The normalized spacial score (nSPS) is 20.2. The van der Waals surface area contributed by atoms with E-state index in [-0.39, 0.29) is 7.92 Å². The highest BCUT2D eigenvalue weighted by Gasteiger charge is 2.30. The molecule has 1 aromatic rings. The van der Waals surface area contributed by atoms with E-state index in [2.05, 4.69) is 30.3 Å². The summed E-state index contributed by atoms with van der Waals surface area (Å²) in [4.78, 5) is 0. The van der Waals surface area contributed by atoms with E-state index in [9.17, 15) is 17.3 Å². The average Bonchev–Trinajstić information content (AvgIpc) is 2.61. The van der Waals surface area contributed by atoms with Gasteiger partial charge in [0.05, 0.1) is 0 Å². The first kappa shape index (κ1) is 20.7. The zero-order chi connectivity index (χ0) is 18.1. The van der Waals surface area contributed by atoms with Crippen LogP contribution in [0.25, 0.3) is 0 Å². The standard InChI is InChI=1S/C19H29P.BF4/c1-4-10-17(11-5-1)16-20(18-12-6-2-7-13-18)19-14-8-3-9-15-19;2-1(3,4)5/h1,4-5,10-11,18-19H,2-3,6-9,12-16H2;/q;-1. The summed E-state index contributed by atoms with van der Waals surface area (Å²) in [5.74, 6) is 0. The SMILES string of the molecule is F[B-](F)(F)F.c1ccc(CP(C2CCCCC2)C2CCCCC2)cc1. The summed E-state index contributed by atoms with van der Waals surface area (Å²) >= 11 is 0. The van der Waals surface area contributed by atoms with Gasteiger partial charge < -0.3 is 17.3 Å². The molecule has 2 saturated carbocycles. The Hall–Kier alpha value is -0.565. The molecule has 142 valence electrons. The molecular weight excluding hydrogens is 346 g/mol. The van der Waals surface area contributed by atoms with E-state index in [0.29, 0.717) is 0 Å². The van der Waals surface area contributed by atoms with Crippen molar-refractivity contribution in [2.24, 2.45) is 0 Å². The minimum absolute atomic E-state index is 0.227. The first-order valence-electron chi connectivity index (χ1n) is 9.60. The van der Waals surface area contributed by atoms with Gasteiger partial charge in [-0.2, -0.15) is 0 Å². The topological polar surface area (TPSA) is 0 Å². The third kappa shape index (κ3) is 8.58. The summed E-state index contributed by atoms with van der Waals surface area (Å²) in [6.07, 6.45) is 16.6. The van der Waals surface area contributed by atoms with Gasteiger partial charge in [0, 0.05) is 0 Å². The second-order valence-electron chi connectivity index (χ2n) is 7.24. The summed E-state index contributed by atoms with van der Waals surface area (Å²) in [5, 5.41) is 0. The lowest BCUT2D eigenvalue weighted by molar-refractivity contribution is 0.368. The highest BCUT2D eigenvalue weighted by molar-refractivity contribution is 7.58. The molecule has 0 atom stereocenters. The monoisotopic (exact) mass is 375 g/mol. The lowest BCUT2D eigenvalue weighted by atomic mass is 9.99. The largest absolute Gasteiger partial charge is 0.673 e. The lowest BCUT2D eigenvalue weighted by Crippen LogP contribution is -2.21. The maximum Gasteiger partial charge on any atom is 0.673 e. The molecule has 3 rings (SSSR count). The van der Waals surface area contributed by atoms with Crippen molar-refractivity contribution in [3.63, 3.8) is 0 Å². The first-order valence-corrected chi connectivity index (χ1v) is 11.3. The van der Waals surface area contributed by atoms with Crippen molar-refractivity contribution in [1.29, 1.82) is 0 Å². The smallest absolute Gasteiger partial charge is 0.418 e. The number of hydrogen-bond donors (Lipinski definition) is 0. The molecule has 0 saturated heterocycles. The number of halogens is 4. The predicted molar refractivity (Wildman–Crippen MR) is 101 cm³/mol. The van der Waals surface area contributed by atoms with E-state index in [1.165, 1.54) is 70.4 Å². The van der Waals surface area contributed by atoms with Crippen LogP contribution in [0.3, 0.4) is 0 Å². The van der Waals surface area contributed by atoms with Crippen LogP contribution < -0.4 is 0 Å². The van der Waals surface area contributed by atoms with Gasteiger partial charge in [-0.25, -0.2) is 0 Å². The Morgan fingerprint density at radius 1 is 0.720 bits per heavy atom. The van der Waals surface area contributed by atoms with Gasteiger partial charge >= 0.3 is 7.25 Å². The molecule has 6 heteroatoms. The molecular formula is C19H29BF4P-. The molecule has 0 bridgehead atoms. The van der Waals surface area contributed by atoms with Crippen molar-refractivity contribution in [2.75, 3.05) is 0 Å². The molecule has 0 radical (unpaired) electrons. The van der Waals surface area contributed by atoms with E-state index >= 15 is 0 Å². The third-order valence-electron chi connectivity index (χ3n) is 5.30. The van der Waals surface area contributed by atoms with E-state index in [0.717, 1.165) is 11.3 Å². The van der Waals surface area contributed by atoms with Crippen LogP contribution in [0, 0.1) is 0 Å². The predicted octanol–water partition coefficient (Wildman–Crippen LogP) is 7.63. The van der Waals surface area contributed by atoms with E-state index in [1.807, 2.05) is 0 Å². The van der Waals surface area contributed by atoms with Gasteiger partial charge in [-0.1, -0.05) is 76.8 Å². The maximum absolute atomic E-state index is 9.75. The molecule has 25 heavy (non-hydrogen) atoms. The summed E-state index contributed by atoms with van der Waals surface area (Å²) in [5.41, 5.74) is 3.78. The molecule has 2 fully saturated rings. The molecule has 1 aromatic carbocycles. The van der Waals surface area contributed by atoms with Crippen LogP contribution in [0.4, 0.5) is 17.3 Å². The quantitative estimate of drug-likeness (QED) is 0.288. The summed E-state index contributed by atoms with van der Waals surface area (Å²) in [7, 11) is -5.77. The van der Waals surface area contributed by atoms with Crippen LogP contribution in [0.5, 0.6) is 0 Å². The zero-order valence-corrected chi connectivity index (χ0v) is 15.8. The fourth-order valence-corrected chi connectivity index (χ4v) is 7.98. The van der Waals surface area contributed by atoms with Crippen molar-refractivity contribution >= 4 is 15.2 Å². The fourth-order valence-electron chi connectivity index (χ4n) is 4.18. The average molecular weight is 375 g/mol. The van der Waals surface area contributed by atoms with Crippen molar-refractivity contribution in [2.45, 2.75) is 81.7 Å². The molecule has 0 heterocycles. The van der Waals surface area contributed by atoms with Gasteiger partial charge in [-0.05, 0) is 48.7 Å². The molecule has 0 nitrogen and oxygen atoms in total. The highest BCUT2D eigenvalue weighted by atomic mass is 31.1.